The van der Waals surface area contributed by atoms with Crippen LogP contribution < -0.4 is 0 Å². The quantitative estimate of drug-likeness (QED) is 0.766. The number of hydrogen-bond donors (Lipinski definition) is 0. The Labute approximate surface area is 114 Å². The van der Waals surface area contributed by atoms with E-state index in [1.54, 1.807) is 0 Å². The highest BCUT2D eigenvalue weighted by atomic mass is 19.2. The van der Waals surface area contributed by atoms with Crippen LogP contribution in [0.3, 0.4) is 0 Å². The van der Waals surface area contributed by atoms with E-state index in [-0.39, 0.29) is 0 Å². The van der Waals surface area contributed by atoms with Crippen molar-refractivity contribution >= 4 is 0 Å². The summed E-state index contributed by atoms with van der Waals surface area (Å²) in [4.78, 5) is 4.31. The van der Waals surface area contributed by atoms with Gasteiger partial charge in [-0.25, -0.2) is 0 Å². The number of rotatable bonds is 3. The summed E-state index contributed by atoms with van der Waals surface area (Å²) in [5, 5.41) is 0.681. The standard InChI is InChI=1S/C12H11N.C4H10FN/c1-10-7-8-13-12(9-10)11-5-3-2-4-6-11;1-3-4-6(2)5/h2-9H,1H3;3-4H2,1-2H3. The maximum Gasteiger partial charge on any atom is 0.0704 e. The first-order valence-corrected chi connectivity index (χ1v) is 6.48. The molecule has 0 aliphatic rings. The van der Waals surface area contributed by atoms with Crippen LogP contribution in [0.15, 0.2) is 48.7 Å². The predicted octanol–water partition coefficient (Wildman–Crippen LogP) is 4.27. The zero-order valence-electron chi connectivity index (χ0n) is 11.8. The molecule has 0 atom stereocenters. The van der Waals surface area contributed by atoms with E-state index in [4.69, 9.17) is 0 Å². The van der Waals surface area contributed by atoms with Crippen LogP contribution in [0, 0.1) is 6.92 Å². The van der Waals surface area contributed by atoms with Gasteiger partial charge < -0.3 is 0 Å². The van der Waals surface area contributed by atoms with Crippen LogP contribution in [0.4, 0.5) is 4.48 Å². The number of aromatic nitrogens is 1. The third-order valence-corrected chi connectivity index (χ3v) is 2.52. The van der Waals surface area contributed by atoms with E-state index in [0.29, 0.717) is 11.7 Å². The molecule has 1 aromatic heterocycles. The molecule has 0 saturated carbocycles. The second-order valence-electron chi connectivity index (χ2n) is 4.41. The molecule has 2 aromatic rings. The van der Waals surface area contributed by atoms with Crippen molar-refractivity contribution in [3.63, 3.8) is 0 Å². The lowest BCUT2D eigenvalue weighted by Gasteiger charge is -2.00. The van der Waals surface area contributed by atoms with Crippen molar-refractivity contribution < 1.29 is 4.48 Å². The van der Waals surface area contributed by atoms with Crippen LogP contribution in [0.2, 0.25) is 0 Å². The molecule has 1 aromatic carbocycles. The molecule has 0 N–H and O–H groups in total. The summed E-state index contributed by atoms with van der Waals surface area (Å²) >= 11 is 0. The van der Waals surface area contributed by atoms with Gasteiger partial charge in [0.1, 0.15) is 0 Å². The van der Waals surface area contributed by atoms with E-state index in [1.165, 1.54) is 18.2 Å². The van der Waals surface area contributed by atoms with Crippen LogP contribution in [0.25, 0.3) is 11.3 Å². The molecule has 0 radical (unpaired) electrons. The summed E-state index contributed by atoms with van der Waals surface area (Å²) in [6.07, 6.45) is 2.73. The van der Waals surface area contributed by atoms with Crippen molar-refractivity contribution in [3.8, 4) is 11.3 Å². The van der Waals surface area contributed by atoms with Gasteiger partial charge in [0.2, 0.25) is 0 Å². The highest BCUT2D eigenvalue weighted by Crippen LogP contribution is 2.16. The lowest BCUT2D eigenvalue weighted by Crippen LogP contribution is -2.05. The zero-order valence-corrected chi connectivity index (χ0v) is 11.8. The Morgan fingerprint density at radius 1 is 1.16 bits per heavy atom. The van der Waals surface area contributed by atoms with Gasteiger partial charge in [-0.05, 0) is 31.0 Å². The second kappa shape index (κ2) is 8.38. The number of nitrogens with zero attached hydrogens (tertiary/aromatic N) is 2. The average Bonchev–Trinajstić information content (AvgIpc) is 2.40. The number of pyridine rings is 1. The normalized spacial score (nSPS) is 9.95. The maximum atomic E-state index is 11.5. The fourth-order valence-electron chi connectivity index (χ4n) is 1.61. The van der Waals surface area contributed by atoms with E-state index in [9.17, 15) is 4.48 Å². The Hall–Kier alpha value is -1.74. The predicted molar refractivity (Wildman–Crippen MR) is 78.4 cm³/mol. The highest BCUT2D eigenvalue weighted by molar-refractivity contribution is 5.59. The Balaban J connectivity index is 0.000000258. The smallest absolute Gasteiger partial charge is 0.0704 e. The fraction of sp³-hybridized carbons (Fsp3) is 0.312. The Morgan fingerprint density at radius 3 is 2.32 bits per heavy atom. The van der Waals surface area contributed by atoms with Crippen molar-refractivity contribution in [2.45, 2.75) is 20.3 Å². The topological polar surface area (TPSA) is 16.1 Å². The highest BCUT2D eigenvalue weighted by Gasteiger charge is 1.96. The third-order valence-electron chi connectivity index (χ3n) is 2.52. The molecule has 3 heteroatoms. The van der Waals surface area contributed by atoms with Crippen LogP contribution in [0.5, 0.6) is 0 Å². The van der Waals surface area contributed by atoms with E-state index >= 15 is 0 Å². The minimum Gasteiger partial charge on any atom is -0.256 e. The summed E-state index contributed by atoms with van der Waals surface area (Å²) in [7, 11) is 1.42. The molecular weight excluding hydrogens is 239 g/mol. The van der Waals surface area contributed by atoms with Gasteiger partial charge in [0.25, 0.3) is 0 Å². The Morgan fingerprint density at radius 2 is 1.84 bits per heavy atom. The van der Waals surface area contributed by atoms with Crippen molar-refractivity contribution in [1.29, 1.82) is 0 Å². The van der Waals surface area contributed by atoms with Gasteiger partial charge in [-0.2, -0.15) is 0 Å². The van der Waals surface area contributed by atoms with Gasteiger partial charge >= 0.3 is 0 Å². The SMILES string of the molecule is CCCN(C)F.Cc1ccnc(-c2ccccc2)c1. The van der Waals surface area contributed by atoms with Crippen molar-refractivity contribution in [2.24, 2.45) is 0 Å². The zero-order chi connectivity index (χ0) is 14.1. The summed E-state index contributed by atoms with van der Waals surface area (Å²) < 4.78 is 11.5. The molecule has 0 aliphatic heterocycles. The third kappa shape index (κ3) is 6.11. The second-order valence-corrected chi connectivity index (χ2v) is 4.41. The number of benzene rings is 1. The number of aryl methyl sites for hydroxylation is 1. The molecule has 0 aliphatic carbocycles. The van der Waals surface area contributed by atoms with Crippen molar-refractivity contribution in [2.75, 3.05) is 13.6 Å². The fourth-order valence-corrected chi connectivity index (χ4v) is 1.61. The van der Waals surface area contributed by atoms with Crippen LogP contribution in [-0.2, 0) is 0 Å². The van der Waals surface area contributed by atoms with Crippen molar-refractivity contribution in [3.05, 3.63) is 54.2 Å². The summed E-state index contributed by atoms with van der Waals surface area (Å²) in [6, 6.07) is 14.3. The number of halogens is 1. The molecule has 2 nitrogen and oxygen atoms in total. The first-order chi connectivity index (χ1) is 9.13. The van der Waals surface area contributed by atoms with Gasteiger partial charge in [0.15, 0.2) is 0 Å². The van der Waals surface area contributed by atoms with Gasteiger partial charge in [0, 0.05) is 25.4 Å². The van der Waals surface area contributed by atoms with Gasteiger partial charge in [0.05, 0.1) is 5.69 Å². The Bertz CT molecular complexity index is 469. The summed E-state index contributed by atoms with van der Waals surface area (Å²) in [6.45, 7) is 4.56. The molecule has 0 bridgehead atoms. The summed E-state index contributed by atoms with van der Waals surface area (Å²) in [5.74, 6) is 0. The van der Waals surface area contributed by atoms with Gasteiger partial charge in [-0.15, -0.1) is 9.60 Å². The Kier molecular flexibility index (Phi) is 6.75. The monoisotopic (exact) mass is 260 g/mol. The molecule has 19 heavy (non-hydrogen) atoms. The maximum absolute atomic E-state index is 11.5. The first-order valence-electron chi connectivity index (χ1n) is 6.48. The molecule has 0 fully saturated rings. The molecule has 0 unspecified atom stereocenters. The lowest BCUT2D eigenvalue weighted by atomic mass is 10.1. The summed E-state index contributed by atoms with van der Waals surface area (Å²) in [5.41, 5.74) is 3.46. The average molecular weight is 260 g/mol. The molecule has 0 saturated heterocycles. The minimum atomic E-state index is 0.542. The largest absolute Gasteiger partial charge is 0.256 e. The molecule has 2 rings (SSSR count). The molecule has 0 spiro atoms. The minimum absolute atomic E-state index is 0.542. The van der Waals surface area contributed by atoms with Gasteiger partial charge in [-0.3, -0.25) is 4.98 Å². The first kappa shape index (κ1) is 15.3. The van der Waals surface area contributed by atoms with E-state index in [2.05, 4.69) is 30.1 Å². The number of hydrogen-bond acceptors (Lipinski definition) is 2. The van der Waals surface area contributed by atoms with Gasteiger partial charge in [-0.1, -0.05) is 37.3 Å². The van der Waals surface area contributed by atoms with E-state index in [1.807, 2.05) is 37.4 Å². The van der Waals surface area contributed by atoms with Crippen molar-refractivity contribution in [1.82, 2.24) is 10.1 Å². The molecule has 102 valence electrons. The van der Waals surface area contributed by atoms with E-state index < -0.39 is 0 Å². The van der Waals surface area contributed by atoms with E-state index in [0.717, 1.165) is 12.1 Å². The van der Waals surface area contributed by atoms with Crippen LogP contribution in [-0.4, -0.2) is 23.7 Å². The lowest BCUT2D eigenvalue weighted by molar-refractivity contribution is 0.0605. The van der Waals surface area contributed by atoms with Crippen LogP contribution >= 0.6 is 0 Å². The van der Waals surface area contributed by atoms with Crippen LogP contribution in [0.1, 0.15) is 18.9 Å². The molecule has 1 heterocycles. The molecule has 0 amide bonds. The molecular formula is C16H21FN2.